The van der Waals surface area contributed by atoms with Crippen molar-refractivity contribution in [2.45, 2.75) is 95.4 Å². The molecule has 4 aliphatic heterocycles. The minimum Gasteiger partial charge on any atom is -0.392 e. The van der Waals surface area contributed by atoms with Crippen molar-refractivity contribution in [2.24, 2.45) is 5.92 Å². The van der Waals surface area contributed by atoms with Crippen molar-refractivity contribution in [2.75, 3.05) is 39.3 Å². The van der Waals surface area contributed by atoms with Crippen molar-refractivity contribution in [3.63, 3.8) is 0 Å². The fraction of sp³-hybridized carbons (Fsp3) is 0.524. The molecule has 12 heteroatoms. The van der Waals surface area contributed by atoms with Gasteiger partial charge in [0.1, 0.15) is 6.04 Å². The van der Waals surface area contributed by atoms with E-state index in [0.717, 1.165) is 53.0 Å². The van der Waals surface area contributed by atoms with Crippen LogP contribution in [0.4, 0.5) is 13.2 Å². The lowest BCUT2D eigenvalue weighted by Crippen LogP contribution is -2.50. The Balaban J connectivity index is 1.07. The number of halogens is 3. The number of nitrogens with zero attached hydrogens (tertiary/aromatic N) is 3. The fourth-order valence-corrected chi connectivity index (χ4v) is 8.69. The van der Waals surface area contributed by atoms with Crippen LogP contribution in [0.3, 0.4) is 0 Å². The predicted octanol–water partition coefficient (Wildman–Crippen LogP) is 6.37. The number of alkyl halides is 3. The molecule has 9 nitrogen and oxygen atoms in total. The summed E-state index contributed by atoms with van der Waals surface area (Å²) in [6.45, 7) is 7.55. The molecule has 4 fully saturated rings. The quantitative estimate of drug-likeness (QED) is 0.236. The molecule has 0 unspecified atom stereocenters. The molecule has 4 aliphatic rings. The van der Waals surface area contributed by atoms with Gasteiger partial charge in [0, 0.05) is 43.7 Å². The summed E-state index contributed by atoms with van der Waals surface area (Å²) in [5.74, 6) is -2.49. The molecule has 0 bridgehead atoms. The first kappa shape index (κ1) is 38.5. The Bertz CT molecular complexity index is 1730. The Morgan fingerprint density at radius 1 is 0.833 bits per heavy atom. The second-order valence-electron chi connectivity index (χ2n) is 15.3. The van der Waals surface area contributed by atoms with Crippen LogP contribution in [0.25, 0.3) is 11.1 Å². The first-order valence-corrected chi connectivity index (χ1v) is 19.4. The standard InChI is InChI=1S/C42H51F3N4O5/c1-28-37(26-48-22-6-9-34(48)25-47-20-4-5-21-47)53-40(54-38(28)31-14-12-29(27-50)13-15-31)32-18-16-30(17-19-32)35-10-3-2-8-33(35)24-46-39(51)36-11-7-23-49(36)41(52)42(43,44)45/h2-3,8,10,12-19,28,34,36-38,40,50H,4-7,9,11,20-27H2,1H3,(H,46,51)/t28-,34-,36-,37+,38+,40+/m0/s1. The lowest BCUT2D eigenvalue weighted by atomic mass is 9.89. The van der Waals surface area contributed by atoms with E-state index in [2.05, 4.69) is 22.0 Å². The zero-order valence-corrected chi connectivity index (χ0v) is 30.8. The molecule has 4 heterocycles. The number of hydrogen-bond acceptors (Lipinski definition) is 7. The van der Waals surface area contributed by atoms with Crippen LogP contribution in [0.5, 0.6) is 0 Å². The maximum Gasteiger partial charge on any atom is 0.471 e. The van der Waals surface area contributed by atoms with E-state index >= 15 is 0 Å². The highest BCUT2D eigenvalue weighted by atomic mass is 19.4. The van der Waals surface area contributed by atoms with Crippen LogP contribution >= 0.6 is 0 Å². The van der Waals surface area contributed by atoms with E-state index in [1.165, 1.54) is 38.8 Å². The molecule has 2 amide bonds. The Kier molecular flexibility index (Phi) is 12.0. The Hall–Kier alpha value is -3.81. The van der Waals surface area contributed by atoms with Crippen molar-refractivity contribution in [3.05, 3.63) is 95.1 Å². The molecule has 6 atom stereocenters. The Morgan fingerprint density at radius 3 is 2.26 bits per heavy atom. The molecule has 0 spiro atoms. The van der Waals surface area contributed by atoms with Crippen molar-refractivity contribution in [3.8, 4) is 11.1 Å². The Labute approximate surface area is 315 Å². The number of aliphatic hydroxyl groups excluding tert-OH is 1. The van der Waals surface area contributed by atoms with Gasteiger partial charge < -0.3 is 29.7 Å². The van der Waals surface area contributed by atoms with Gasteiger partial charge in [0.15, 0.2) is 6.29 Å². The number of nitrogens with one attached hydrogen (secondary N) is 1. The first-order valence-electron chi connectivity index (χ1n) is 19.4. The number of likely N-dealkylation sites (tertiary alicyclic amines) is 3. The SMILES string of the molecule is C[C@H]1[C@@H](CN2CCC[C@H]2CN2CCCC2)O[C@@H](c2ccc(-c3ccccc3CNC(=O)[C@@H]3CCCN3C(=O)C(F)(F)F)cc2)O[C@H]1c1ccc(CO)cc1. The van der Waals surface area contributed by atoms with Gasteiger partial charge in [-0.15, -0.1) is 0 Å². The van der Waals surface area contributed by atoms with Gasteiger partial charge in [0.05, 0.1) is 18.8 Å². The van der Waals surface area contributed by atoms with Crippen LogP contribution in [-0.2, 0) is 32.2 Å². The van der Waals surface area contributed by atoms with E-state index < -0.39 is 30.3 Å². The van der Waals surface area contributed by atoms with Gasteiger partial charge in [-0.05, 0) is 86.0 Å². The van der Waals surface area contributed by atoms with E-state index in [1.54, 1.807) is 0 Å². The molecule has 3 aromatic carbocycles. The minimum absolute atomic E-state index is 0.0208. The molecule has 290 valence electrons. The summed E-state index contributed by atoms with van der Waals surface area (Å²) in [5, 5.41) is 12.4. The van der Waals surface area contributed by atoms with Crippen LogP contribution < -0.4 is 5.32 Å². The third kappa shape index (κ3) is 8.68. The monoisotopic (exact) mass is 748 g/mol. The molecule has 0 aromatic heterocycles. The second-order valence-corrected chi connectivity index (χ2v) is 15.3. The van der Waals surface area contributed by atoms with Crippen molar-refractivity contribution in [1.82, 2.24) is 20.0 Å². The zero-order chi connectivity index (χ0) is 37.8. The normalized spacial score (nSPS) is 26.7. The third-order valence-corrected chi connectivity index (χ3v) is 11.7. The van der Waals surface area contributed by atoms with Gasteiger partial charge in [0.2, 0.25) is 5.91 Å². The summed E-state index contributed by atoms with van der Waals surface area (Å²) in [7, 11) is 0. The highest BCUT2D eigenvalue weighted by Crippen LogP contribution is 2.43. The van der Waals surface area contributed by atoms with E-state index in [0.29, 0.717) is 17.4 Å². The summed E-state index contributed by atoms with van der Waals surface area (Å²) < 4.78 is 53.0. The number of rotatable bonds is 11. The molecule has 7 rings (SSSR count). The molecule has 0 saturated carbocycles. The van der Waals surface area contributed by atoms with Gasteiger partial charge in [-0.2, -0.15) is 13.2 Å². The van der Waals surface area contributed by atoms with Gasteiger partial charge in [0.25, 0.3) is 0 Å². The summed E-state index contributed by atoms with van der Waals surface area (Å²) in [6.07, 6.45) is -0.437. The first-order chi connectivity index (χ1) is 26.1. The highest BCUT2D eigenvalue weighted by Gasteiger charge is 2.47. The van der Waals surface area contributed by atoms with Crippen LogP contribution in [0.1, 0.15) is 80.1 Å². The minimum atomic E-state index is -5.02. The fourth-order valence-electron chi connectivity index (χ4n) is 8.69. The zero-order valence-electron chi connectivity index (χ0n) is 30.8. The second kappa shape index (κ2) is 16.9. The third-order valence-electron chi connectivity index (χ3n) is 11.7. The number of benzene rings is 3. The molecule has 54 heavy (non-hydrogen) atoms. The van der Waals surface area contributed by atoms with Gasteiger partial charge >= 0.3 is 12.1 Å². The number of aliphatic hydroxyl groups is 1. The van der Waals surface area contributed by atoms with E-state index in [-0.39, 0.29) is 44.2 Å². The largest absolute Gasteiger partial charge is 0.471 e. The number of amides is 2. The highest BCUT2D eigenvalue weighted by molar-refractivity contribution is 5.90. The lowest BCUT2D eigenvalue weighted by Gasteiger charge is -2.43. The maximum atomic E-state index is 13.1. The van der Waals surface area contributed by atoms with Gasteiger partial charge in [-0.1, -0.05) is 79.7 Å². The van der Waals surface area contributed by atoms with Gasteiger partial charge in [-0.25, -0.2) is 0 Å². The summed E-state index contributed by atoms with van der Waals surface area (Å²) in [5.41, 5.74) is 5.34. The van der Waals surface area contributed by atoms with Gasteiger partial charge in [-0.3, -0.25) is 14.5 Å². The van der Waals surface area contributed by atoms with Crippen molar-refractivity contribution in [1.29, 1.82) is 0 Å². The topological polar surface area (TPSA) is 94.6 Å². The van der Waals surface area contributed by atoms with Crippen LogP contribution in [-0.4, -0.2) is 95.3 Å². The van der Waals surface area contributed by atoms with Crippen LogP contribution in [0, 0.1) is 5.92 Å². The molecular formula is C42H51F3N4O5. The Morgan fingerprint density at radius 2 is 1.54 bits per heavy atom. The van der Waals surface area contributed by atoms with E-state index in [4.69, 9.17) is 9.47 Å². The van der Waals surface area contributed by atoms with Crippen LogP contribution in [0.15, 0.2) is 72.8 Å². The average Bonchev–Trinajstić information content (AvgIpc) is 3.98. The molecular weight excluding hydrogens is 697 g/mol. The van der Waals surface area contributed by atoms with E-state index in [1.807, 2.05) is 72.8 Å². The maximum absolute atomic E-state index is 13.1. The number of hydrogen-bond donors (Lipinski definition) is 2. The summed E-state index contributed by atoms with van der Waals surface area (Å²) in [6, 6.07) is 22.9. The number of ether oxygens (including phenoxy) is 2. The summed E-state index contributed by atoms with van der Waals surface area (Å²) >= 11 is 0. The molecule has 3 aromatic rings. The molecule has 4 saturated heterocycles. The average molecular weight is 749 g/mol. The van der Waals surface area contributed by atoms with Crippen molar-refractivity contribution >= 4 is 11.8 Å². The molecule has 2 N–H and O–H groups in total. The smallest absolute Gasteiger partial charge is 0.392 e. The van der Waals surface area contributed by atoms with Crippen LogP contribution in [0.2, 0.25) is 0 Å². The predicted molar refractivity (Wildman–Crippen MR) is 198 cm³/mol. The number of carbonyl (C=O) groups is 2. The number of carbonyl (C=O) groups excluding carboxylic acids is 2. The summed E-state index contributed by atoms with van der Waals surface area (Å²) in [4.78, 5) is 30.8. The molecule has 0 aliphatic carbocycles. The lowest BCUT2D eigenvalue weighted by molar-refractivity contribution is -0.276. The van der Waals surface area contributed by atoms with Crippen molar-refractivity contribution < 1.29 is 37.3 Å². The van der Waals surface area contributed by atoms with E-state index in [9.17, 15) is 27.9 Å². The molecule has 0 radical (unpaired) electrons.